The van der Waals surface area contributed by atoms with Gasteiger partial charge in [0.1, 0.15) is 6.61 Å². The van der Waals surface area contributed by atoms with Gasteiger partial charge in [-0.15, -0.1) is 0 Å². The Kier molecular flexibility index (Phi) is 4.35. The van der Waals surface area contributed by atoms with E-state index in [2.05, 4.69) is 0 Å². The molecule has 1 aliphatic rings. The van der Waals surface area contributed by atoms with Gasteiger partial charge in [-0.25, -0.2) is 9.69 Å². The van der Waals surface area contributed by atoms with Crippen LogP contribution in [0.2, 0.25) is 0 Å². The fourth-order valence-electron chi connectivity index (χ4n) is 2.35. The van der Waals surface area contributed by atoms with E-state index in [4.69, 9.17) is 4.74 Å². The summed E-state index contributed by atoms with van der Waals surface area (Å²) in [6.07, 6.45) is 0.117. The SMILES string of the molecule is C[C@H](C(=O)N1C(=O)OC[C@H]1Cc1ccccc1)C(C)(C)C. The monoisotopic (exact) mass is 289 g/mol. The van der Waals surface area contributed by atoms with Crippen molar-refractivity contribution in [3.05, 3.63) is 35.9 Å². The van der Waals surface area contributed by atoms with Crippen LogP contribution >= 0.6 is 0 Å². The summed E-state index contributed by atoms with van der Waals surface area (Å²) in [6.45, 7) is 8.15. The number of carbonyl (C=O) groups is 2. The zero-order valence-electron chi connectivity index (χ0n) is 13.1. The van der Waals surface area contributed by atoms with Crippen LogP contribution in [-0.2, 0) is 16.0 Å². The number of carbonyl (C=O) groups excluding carboxylic acids is 2. The van der Waals surface area contributed by atoms with E-state index in [0.29, 0.717) is 6.42 Å². The van der Waals surface area contributed by atoms with Crippen LogP contribution in [0.15, 0.2) is 30.3 Å². The van der Waals surface area contributed by atoms with Gasteiger partial charge in [0.2, 0.25) is 5.91 Å². The van der Waals surface area contributed by atoms with Gasteiger partial charge in [0.25, 0.3) is 0 Å². The summed E-state index contributed by atoms with van der Waals surface area (Å²) in [6, 6.07) is 9.65. The minimum Gasteiger partial charge on any atom is -0.447 e. The number of imide groups is 1. The Hall–Kier alpha value is -1.84. The van der Waals surface area contributed by atoms with Crippen molar-refractivity contribution in [2.45, 2.75) is 40.2 Å². The molecule has 0 saturated carbocycles. The largest absolute Gasteiger partial charge is 0.447 e. The third-order valence-corrected chi connectivity index (χ3v) is 4.18. The molecule has 114 valence electrons. The van der Waals surface area contributed by atoms with E-state index >= 15 is 0 Å². The highest BCUT2D eigenvalue weighted by atomic mass is 16.6. The van der Waals surface area contributed by atoms with Gasteiger partial charge in [-0.1, -0.05) is 58.0 Å². The van der Waals surface area contributed by atoms with Crippen LogP contribution in [0.3, 0.4) is 0 Å². The summed E-state index contributed by atoms with van der Waals surface area (Å²) in [5.74, 6) is -0.382. The molecule has 0 spiro atoms. The van der Waals surface area contributed by atoms with Crippen LogP contribution in [0.5, 0.6) is 0 Å². The molecule has 1 fully saturated rings. The first-order chi connectivity index (χ1) is 9.80. The number of cyclic esters (lactones) is 1. The molecule has 4 nitrogen and oxygen atoms in total. The number of rotatable bonds is 3. The standard InChI is InChI=1S/C17H23NO3/c1-12(17(2,3)4)15(19)18-14(11-21-16(18)20)10-13-8-6-5-7-9-13/h5-9,12,14H,10-11H2,1-4H3/t12-,14-/m1/s1. The molecule has 1 saturated heterocycles. The summed E-state index contributed by atoms with van der Waals surface area (Å²) in [7, 11) is 0. The fraction of sp³-hybridized carbons (Fsp3) is 0.529. The Balaban J connectivity index is 2.15. The van der Waals surface area contributed by atoms with Crippen molar-refractivity contribution in [3.8, 4) is 0 Å². The first-order valence-corrected chi connectivity index (χ1v) is 7.34. The van der Waals surface area contributed by atoms with Crippen LogP contribution < -0.4 is 0 Å². The summed E-state index contributed by atoms with van der Waals surface area (Å²) >= 11 is 0. The van der Waals surface area contributed by atoms with Crippen LogP contribution in [0.1, 0.15) is 33.3 Å². The van der Waals surface area contributed by atoms with Crippen LogP contribution in [-0.4, -0.2) is 29.5 Å². The lowest BCUT2D eigenvalue weighted by Gasteiger charge is -2.30. The third kappa shape index (κ3) is 3.43. The molecule has 4 heteroatoms. The molecule has 0 radical (unpaired) electrons. The number of amides is 2. The molecule has 1 heterocycles. The highest BCUT2D eigenvalue weighted by Crippen LogP contribution is 2.29. The average molecular weight is 289 g/mol. The lowest BCUT2D eigenvalue weighted by Crippen LogP contribution is -2.45. The van der Waals surface area contributed by atoms with E-state index in [1.807, 2.05) is 58.0 Å². The number of benzene rings is 1. The Morgan fingerprint density at radius 3 is 2.52 bits per heavy atom. The predicted octanol–water partition coefficient (Wildman–Crippen LogP) is 3.26. The lowest BCUT2D eigenvalue weighted by atomic mass is 9.81. The van der Waals surface area contributed by atoms with Crippen molar-refractivity contribution in [1.29, 1.82) is 0 Å². The maximum absolute atomic E-state index is 12.6. The van der Waals surface area contributed by atoms with Gasteiger partial charge < -0.3 is 4.74 Å². The summed E-state index contributed by atoms with van der Waals surface area (Å²) in [4.78, 5) is 25.9. The van der Waals surface area contributed by atoms with E-state index in [1.54, 1.807) is 0 Å². The Bertz CT molecular complexity index is 519. The first-order valence-electron chi connectivity index (χ1n) is 7.34. The van der Waals surface area contributed by atoms with Gasteiger partial charge in [0.15, 0.2) is 0 Å². The van der Waals surface area contributed by atoms with Gasteiger partial charge in [0.05, 0.1) is 6.04 Å². The predicted molar refractivity (Wildman–Crippen MR) is 80.7 cm³/mol. The van der Waals surface area contributed by atoms with E-state index in [-0.39, 0.29) is 29.9 Å². The van der Waals surface area contributed by atoms with Crippen molar-refractivity contribution in [2.75, 3.05) is 6.61 Å². The Morgan fingerprint density at radius 2 is 1.95 bits per heavy atom. The molecule has 0 bridgehead atoms. The topological polar surface area (TPSA) is 46.6 Å². The quantitative estimate of drug-likeness (QED) is 0.858. The molecule has 0 aliphatic carbocycles. The lowest BCUT2D eigenvalue weighted by molar-refractivity contribution is -0.136. The van der Waals surface area contributed by atoms with Crippen molar-refractivity contribution in [1.82, 2.24) is 4.90 Å². The van der Waals surface area contributed by atoms with Crippen LogP contribution in [0.4, 0.5) is 4.79 Å². The Morgan fingerprint density at radius 1 is 1.33 bits per heavy atom. The molecular weight excluding hydrogens is 266 g/mol. The molecular formula is C17H23NO3. The van der Waals surface area contributed by atoms with Crippen molar-refractivity contribution in [2.24, 2.45) is 11.3 Å². The first kappa shape index (κ1) is 15.5. The summed E-state index contributed by atoms with van der Waals surface area (Å²) in [5.41, 5.74) is 0.916. The Labute approximate surface area is 126 Å². The molecule has 0 unspecified atom stereocenters. The van der Waals surface area contributed by atoms with E-state index in [0.717, 1.165) is 5.56 Å². The van der Waals surface area contributed by atoms with E-state index < -0.39 is 6.09 Å². The molecule has 1 aromatic rings. The smallest absolute Gasteiger partial charge is 0.416 e. The maximum Gasteiger partial charge on any atom is 0.416 e. The number of ether oxygens (including phenoxy) is 1. The minimum absolute atomic E-state index is 0.147. The van der Waals surface area contributed by atoms with Crippen LogP contribution in [0, 0.1) is 11.3 Å². The number of hydrogen-bond acceptors (Lipinski definition) is 3. The van der Waals surface area contributed by atoms with Gasteiger partial charge in [-0.05, 0) is 17.4 Å². The van der Waals surface area contributed by atoms with Gasteiger partial charge >= 0.3 is 6.09 Å². The highest BCUT2D eigenvalue weighted by Gasteiger charge is 2.42. The molecule has 0 aromatic heterocycles. The zero-order valence-corrected chi connectivity index (χ0v) is 13.1. The molecule has 1 aliphatic heterocycles. The zero-order chi connectivity index (χ0) is 15.6. The molecule has 0 N–H and O–H groups in total. The highest BCUT2D eigenvalue weighted by molar-refractivity contribution is 5.95. The second kappa shape index (κ2) is 5.88. The number of hydrogen-bond donors (Lipinski definition) is 0. The molecule has 21 heavy (non-hydrogen) atoms. The normalized spacial score (nSPS) is 20.3. The van der Waals surface area contributed by atoms with Crippen molar-refractivity contribution in [3.63, 3.8) is 0 Å². The molecule has 2 rings (SSSR count). The van der Waals surface area contributed by atoms with Gasteiger partial charge in [0, 0.05) is 5.92 Å². The van der Waals surface area contributed by atoms with Crippen molar-refractivity contribution < 1.29 is 14.3 Å². The van der Waals surface area contributed by atoms with Crippen LogP contribution in [0.25, 0.3) is 0 Å². The maximum atomic E-state index is 12.6. The minimum atomic E-state index is -0.517. The number of nitrogens with zero attached hydrogens (tertiary/aromatic N) is 1. The molecule has 1 aromatic carbocycles. The second-order valence-electron chi connectivity index (χ2n) is 6.72. The average Bonchev–Trinajstić information content (AvgIpc) is 2.78. The van der Waals surface area contributed by atoms with E-state index in [9.17, 15) is 9.59 Å². The summed E-state index contributed by atoms with van der Waals surface area (Å²) in [5, 5.41) is 0. The van der Waals surface area contributed by atoms with Gasteiger partial charge in [-0.3, -0.25) is 4.79 Å². The third-order valence-electron chi connectivity index (χ3n) is 4.18. The second-order valence-corrected chi connectivity index (χ2v) is 6.72. The fourth-order valence-corrected chi connectivity index (χ4v) is 2.35. The molecule has 2 atom stereocenters. The van der Waals surface area contributed by atoms with E-state index in [1.165, 1.54) is 4.90 Å². The molecule has 2 amide bonds. The van der Waals surface area contributed by atoms with Crippen molar-refractivity contribution >= 4 is 12.0 Å². The van der Waals surface area contributed by atoms with Gasteiger partial charge in [-0.2, -0.15) is 0 Å². The summed E-state index contributed by atoms with van der Waals surface area (Å²) < 4.78 is 5.10.